The predicted octanol–water partition coefficient (Wildman–Crippen LogP) is 8.75. The van der Waals surface area contributed by atoms with Gasteiger partial charge in [-0.15, -0.1) is 6.58 Å². The number of aryl methyl sites for hydroxylation is 2. The summed E-state index contributed by atoms with van der Waals surface area (Å²) in [7, 11) is 0. The van der Waals surface area contributed by atoms with Gasteiger partial charge in [0.1, 0.15) is 23.5 Å². The number of aromatic nitrogens is 3. The summed E-state index contributed by atoms with van der Waals surface area (Å²) in [4.78, 5) is 20.8. The molecule has 51 heavy (non-hydrogen) atoms. The van der Waals surface area contributed by atoms with Crippen LogP contribution in [0.25, 0.3) is 28.0 Å². The van der Waals surface area contributed by atoms with Gasteiger partial charge in [0, 0.05) is 30.4 Å². The van der Waals surface area contributed by atoms with Gasteiger partial charge in [-0.25, -0.2) is 14.2 Å². The van der Waals surface area contributed by atoms with Crippen molar-refractivity contribution in [3.63, 3.8) is 0 Å². The van der Waals surface area contributed by atoms with E-state index in [1.54, 1.807) is 23.6 Å². The molecule has 0 saturated carbocycles. The second kappa shape index (κ2) is 15.4. The molecule has 1 saturated heterocycles. The molecule has 0 amide bonds. The Hall–Kier alpha value is -4.54. The largest absolute Gasteiger partial charge is 0.486 e. The number of carbonyl (C=O) groups is 1. The summed E-state index contributed by atoms with van der Waals surface area (Å²) in [6.45, 7) is 24.8. The maximum atomic E-state index is 15.6. The Labute approximate surface area is 301 Å². The number of anilines is 1. The molecule has 0 aliphatic carbocycles. The zero-order valence-corrected chi connectivity index (χ0v) is 31.2. The molecular weight excluding hydrogens is 647 g/mol. The number of halogens is 1. The molecule has 5 rings (SSSR count). The summed E-state index contributed by atoms with van der Waals surface area (Å²) in [6, 6.07) is 12.8. The molecule has 4 aromatic rings. The van der Waals surface area contributed by atoms with E-state index >= 15 is 4.39 Å². The first kappa shape index (κ1) is 37.7. The van der Waals surface area contributed by atoms with Gasteiger partial charge in [0.05, 0.1) is 41.2 Å². The molecular formula is C41H51FN4O5. The first-order chi connectivity index (χ1) is 24.2. The lowest BCUT2D eigenvalue weighted by molar-refractivity contribution is -0.166. The summed E-state index contributed by atoms with van der Waals surface area (Å²) in [5.41, 5.74) is 4.03. The fraction of sp³-hybridized carbons (Fsp3) is 0.439. The highest BCUT2D eigenvalue weighted by Gasteiger charge is 2.38. The van der Waals surface area contributed by atoms with Crippen LogP contribution in [-0.2, 0) is 19.0 Å². The van der Waals surface area contributed by atoms with E-state index < -0.39 is 17.7 Å². The van der Waals surface area contributed by atoms with Gasteiger partial charge in [-0.3, -0.25) is 0 Å². The van der Waals surface area contributed by atoms with Crippen LogP contribution in [-0.4, -0.2) is 64.2 Å². The number of hydrogen-bond acceptors (Lipinski definition) is 8. The quantitative estimate of drug-likeness (QED) is 0.101. The zero-order chi connectivity index (χ0) is 37.1. The Morgan fingerprint density at radius 1 is 1.10 bits per heavy atom. The van der Waals surface area contributed by atoms with E-state index in [-0.39, 0.29) is 24.1 Å². The number of carbonyl (C=O) groups excluding carboxylic acids is 1. The maximum absolute atomic E-state index is 15.6. The van der Waals surface area contributed by atoms with Crippen LogP contribution in [0.5, 0.6) is 5.75 Å². The number of piperidine rings is 1. The topological polar surface area (TPSA) is 87.4 Å². The Morgan fingerprint density at radius 3 is 2.45 bits per heavy atom. The highest BCUT2D eigenvalue weighted by molar-refractivity contribution is 5.81. The van der Waals surface area contributed by atoms with Crippen LogP contribution in [0.4, 0.5) is 10.2 Å². The standard InChI is InChI=1S/C41H51FN4O5/c1-11-21-49-41(10)17-19-45(20-18-41)38-35(37(39(47)48-13-3)51-40(7,8)9)28(6)43-34-25-32(44-46(34)38)29-15-14-16-30(24-29)36-31(42)22-26(4)23-33(36)50-27(5)12-2/h11-12,14-16,22-25,27,37H,1-2,13,17-21H2,3-10H3/t27-,37-/m0/s1. The minimum Gasteiger partial charge on any atom is -0.486 e. The summed E-state index contributed by atoms with van der Waals surface area (Å²) < 4.78 is 41.7. The molecule has 272 valence electrons. The number of hydrogen-bond donors (Lipinski definition) is 0. The molecule has 0 N–H and O–H groups in total. The van der Waals surface area contributed by atoms with Crippen molar-refractivity contribution in [1.82, 2.24) is 14.6 Å². The smallest absolute Gasteiger partial charge is 0.340 e. The molecule has 2 atom stereocenters. The first-order valence-electron chi connectivity index (χ1n) is 17.6. The van der Waals surface area contributed by atoms with Gasteiger partial charge >= 0.3 is 5.97 Å². The fourth-order valence-corrected chi connectivity index (χ4v) is 6.43. The first-order valence-corrected chi connectivity index (χ1v) is 17.6. The van der Waals surface area contributed by atoms with Gasteiger partial charge in [0.25, 0.3) is 0 Å². The van der Waals surface area contributed by atoms with Crippen LogP contribution in [0.2, 0.25) is 0 Å². The van der Waals surface area contributed by atoms with Crippen molar-refractivity contribution in [1.29, 1.82) is 0 Å². The number of rotatable bonds is 13. The van der Waals surface area contributed by atoms with Crippen LogP contribution >= 0.6 is 0 Å². The normalized spacial score (nSPS) is 15.7. The number of fused-ring (bicyclic) bond motifs is 1. The summed E-state index contributed by atoms with van der Waals surface area (Å²) in [5, 5.41) is 5.11. The van der Waals surface area contributed by atoms with E-state index in [1.807, 2.05) is 77.9 Å². The van der Waals surface area contributed by atoms with Crippen molar-refractivity contribution < 1.29 is 28.1 Å². The molecule has 2 aromatic heterocycles. The van der Waals surface area contributed by atoms with Crippen molar-refractivity contribution in [2.24, 2.45) is 0 Å². The van der Waals surface area contributed by atoms with Crippen LogP contribution < -0.4 is 9.64 Å². The van der Waals surface area contributed by atoms with Crippen molar-refractivity contribution >= 4 is 17.4 Å². The summed E-state index contributed by atoms with van der Waals surface area (Å²) in [5.74, 6) is 0.287. The molecule has 1 aliphatic heterocycles. The zero-order valence-electron chi connectivity index (χ0n) is 31.2. The lowest BCUT2D eigenvalue weighted by atomic mass is 9.92. The molecule has 10 heteroatoms. The van der Waals surface area contributed by atoms with Crippen molar-refractivity contribution in [2.45, 2.75) is 91.6 Å². The Balaban J connectivity index is 1.67. The average molecular weight is 699 g/mol. The Kier molecular flexibility index (Phi) is 11.4. The minimum atomic E-state index is -1.04. The third-order valence-electron chi connectivity index (χ3n) is 9.00. The van der Waals surface area contributed by atoms with E-state index in [0.717, 1.165) is 24.0 Å². The predicted molar refractivity (Wildman–Crippen MR) is 200 cm³/mol. The van der Waals surface area contributed by atoms with Gasteiger partial charge in [-0.1, -0.05) is 36.9 Å². The van der Waals surface area contributed by atoms with E-state index in [0.29, 0.717) is 65.0 Å². The van der Waals surface area contributed by atoms with Gasteiger partial charge in [-0.2, -0.15) is 9.61 Å². The van der Waals surface area contributed by atoms with Crippen molar-refractivity contribution in [3.05, 3.63) is 90.4 Å². The summed E-state index contributed by atoms with van der Waals surface area (Å²) >= 11 is 0. The molecule has 0 spiro atoms. The Morgan fingerprint density at radius 2 is 1.80 bits per heavy atom. The third-order valence-corrected chi connectivity index (χ3v) is 9.00. The lowest BCUT2D eigenvalue weighted by Crippen LogP contribution is -2.45. The molecule has 0 bridgehead atoms. The minimum absolute atomic E-state index is 0.207. The average Bonchev–Trinajstić information content (AvgIpc) is 3.49. The second-order valence-electron chi connectivity index (χ2n) is 14.4. The molecule has 0 radical (unpaired) electrons. The van der Waals surface area contributed by atoms with Crippen LogP contribution in [0.15, 0.2) is 67.8 Å². The van der Waals surface area contributed by atoms with Crippen LogP contribution in [0.1, 0.15) is 77.3 Å². The Bertz CT molecular complexity index is 1900. The van der Waals surface area contributed by atoms with Gasteiger partial charge in [-0.05, 0) is 97.6 Å². The lowest BCUT2D eigenvalue weighted by Gasteiger charge is -2.41. The maximum Gasteiger partial charge on any atom is 0.340 e. The fourth-order valence-electron chi connectivity index (χ4n) is 6.43. The van der Waals surface area contributed by atoms with Crippen molar-refractivity contribution in [2.75, 3.05) is 31.2 Å². The number of benzene rings is 2. The highest BCUT2D eigenvalue weighted by Crippen LogP contribution is 2.40. The van der Waals surface area contributed by atoms with E-state index in [1.165, 1.54) is 6.07 Å². The van der Waals surface area contributed by atoms with E-state index in [2.05, 4.69) is 25.0 Å². The van der Waals surface area contributed by atoms with Crippen molar-refractivity contribution in [3.8, 4) is 28.1 Å². The van der Waals surface area contributed by atoms with Crippen LogP contribution in [0, 0.1) is 19.7 Å². The molecule has 1 aliphatic rings. The van der Waals surface area contributed by atoms with Gasteiger partial charge < -0.3 is 23.8 Å². The summed E-state index contributed by atoms with van der Waals surface area (Å²) in [6.07, 6.45) is 3.59. The van der Waals surface area contributed by atoms with Gasteiger partial charge in [0.2, 0.25) is 0 Å². The van der Waals surface area contributed by atoms with Crippen LogP contribution in [0.3, 0.4) is 0 Å². The SMILES string of the molecule is C=CCOC1(C)CCN(c2c([C@H](OC(C)(C)C)C(=O)OCC)c(C)nc3cc(-c4cccc(-c5c(F)cc(C)cc5O[C@@H](C)C=C)c4)nn23)CC1. The molecule has 9 nitrogen and oxygen atoms in total. The van der Waals surface area contributed by atoms with E-state index in [9.17, 15) is 4.79 Å². The number of esters is 1. The van der Waals surface area contributed by atoms with Gasteiger partial charge in [0.15, 0.2) is 11.8 Å². The van der Waals surface area contributed by atoms with E-state index in [4.69, 9.17) is 29.0 Å². The second-order valence-corrected chi connectivity index (χ2v) is 14.4. The number of ether oxygens (including phenoxy) is 4. The molecule has 2 aromatic carbocycles. The molecule has 3 heterocycles. The number of nitrogens with zero attached hydrogens (tertiary/aromatic N) is 4. The molecule has 1 fully saturated rings. The molecule has 0 unspecified atom stereocenters. The monoisotopic (exact) mass is 698 g/mol. The highest BCUT2D eigenvalue weighted by atomic mass is 19.1. The third kappa shape index (κ3) is 8.51.